The number of amides is 1. The van der Waals surface area contributed by atoms with Gasteiger partial charge in [0.05, 0.1) is 0 Å². The average Bonchev–Trinajstić information content (AvgIpc) is 2.70. The topological polar surface area (TPSA) is 32.8 Å². The van der Waals surface area contributed by atoms with Crippen LogP contribution in [0.15, 0.2) is 48.5 Å². The molecule has 0 bridgehead atoms. The standard InChI is InChI=1S/C22H26ClFN2O2/c1-2-3-20-15-25(14-17-4-8-19(24)9-5-17)12-13-26(20)22(27)16-28-21-10-6-18(23)7-11-21/h4-11,20H,2-3,12-16H2,1H3/t20-/m0/s1. The first kappa shape index (κ1) is 20.6. The molecule has 1 fully saturated rings. The Balaban J connectivity index is 1.56. The lowest BCUT2D eigenvalue weighted by Crippen LogP contribution is -2.55. The molecule has 2 aromatic rings. The van der Waals surface area contributed by atoms with Crippen molar-refractivity contribution in [2.45, 2.75) is 32.4 Å². The summed E-state index contributed by atoms with van der Waals surface area (Å²) in [5.74, 6) is 0.429. The maximum absolute atomic E-state index is 13.1. The Kier molecular flexibility index (Phi) is 7.29. The molecular formula is C22H26ClFN2O2. The number of carbonyl (C=O) groups excluding carboxylic acids is 1. The van der Waals surface area contributed by atoms with Gasteiger partial charge in [0.15, 0.2) is 6.61 Å². The van der Waals surface area contributed by atoms with E-state index in [1.54, 1.807) is 24.3 Å². The van der Waals surface area contributed by atoms with Gasteiger partial charge in [-0.2, -0.15) is 0 Å². The highest BCUT2D eigenvalue weighted by molar-refractivity contribution is 6.30. The number of piperazine rings is 1. The van der Waals surface area contributed by atoms with Gasteiger partial charge in [0, 0.05) is 37.2 Å². The van der Waals surface area contributed by atoms with Crippen molar-refractivity contribution in [3.8, 4) is 5.75 Å². The molecule has 3 rings (SSSR count). The second-order valence-corrected chi connectivity index (χ2v) is 7.57. The van der Waals surface area contributed by atoms with Gasteiger partial charge in [-0.25, -0.2) is 4.39 Å². The zero-order valence-electron chi connectivity index (χ0n) is 16.1. The molecule has 1 aliphatic rings. The normalized spacial score (nSPS) is 17.5. The third-order valence-corrected chi connectivity index (χ3v) is 5.26. The van der Waals surface area contributed by atoms with Crippen molar-refractivity contribution in [2.24, 2.45) is 0 Å². The van der Waals surface area contributed by atoms with E-state index in [1.807, 2.05) is 17.0 Å². The molecule has 0 aromatic heterocycles. The van der Waals surface area contributed by atoms with Crippen molar-refractivity contribution < 1.29 is 13.9 Å². The molecule has 0 radical (unpaired) electrons. The molecule has 1 amide bonds. The lowest BCUT2D eigenvalue weighted by atomic mass is 10.1. The van der Waals surface area contributed by atoms with Crippen molar-refractivity contribution in [3.63, 3.8) is 0 Å². The minimum absolute atomic E-state index is 0.00910. The van der Waals surface area contributed by atoms with Crippen LogP contribution in [-0.4, -0.2) is 48.0 Å². The van der Waals surface area contributed by atoms with Crippen molar-refractivity contribution in [1.29, 1.82) is 0 Å². The fraction of sp³-hybridized carbons (Fsp3) is 0.409. The largest absolute Gasteiger partial charge is 0.484 e. The maximum atomic E-state index is 13.1. The van der Waals surface area contributed by atoms with E-state index < -0.39 is 0 Å². The van der Waals surface area contributed by atoms with Gasteiger partial charge in [0.1, 0.15) is 11.6 Å². The molecule has 1 heterocycles. The molecule has 0 spiro atoms. The monoisotopic (exact) mass is 404 g/mol. The summed E-state index contributed by atoms with van der Waals surface area (Å²) < 4.78 is 18.7. The van der Waals surface area contributed by atoms with E-state index >= 15 is 0 Å². The predicted molar refractivity (Wildman–Crippen MR) is 109 cm³/mol. The summed E-state index contributed by atoms with van der Waals surface area (Å²) in [7, 11) is 0. The molecule has 4 nitrogen and oxygen atoms in total. The predicted octanol–water partition coefficient (Wildman–Crippen LogP) is 4.37. The maximum Gasteiger partial charge on any atom is 0.260 e. The third kappa shape index (κ3) is 5.69. The summed E-state index contributed by atoms with van der Waals surface area (Å²) in [5.41, 5.74) is 1.09. The molecule has 1 saturated heterocycles. The molecular weight excluding hydrogens is 379 g/mol. The van der Waals surface area contributed by atoms with E-state index in [0.717, 1.165) is 38.0 Å². The Morgan fingerprint density at radius 3 is 2.54 bits per heavy atom. The summed E-state index contributed by atoms with van der Waals surface area (Å²) in [5, 5.41) is 0.638. The first-order valence-electron chi connectivity index (χ1n) is 9.70. The molecule has 0 saturated carbocycles. The van der Waals surface area contributed by atoms with Crippen molar-refractivity contribution in [3.05, 3.63) is 64.9 Å². The van der Waals surface area contributed by atoms with Gasteiger partial charge in [0.25, 0.3) is 5.91 Å². The highest BCUT2D eigenvalue weighted by Crippen LogP contribution is 2.19. The van der Waals surface area contributed by atoms with Gasteiger partial charge in [-0.1, -0.05) is 37.1 Å². The molecule has 1 atom stereocenters. The second-order valence-electron chi connectivity index (χ2n) is 7.13. The van der Waals surface area contributed by atoms with Crippen LogP contribution in [0.25, 0.3) is 0 Å². The lowest BCUT2D eigenvalue weighted by Gasteiger charge is -2.41. The van der Waals surface area contributed by atoms with Crippen LogP contribution < -0.4 is 4.74 Å². The van der Waals surface area contributed by atoms with Crippen molar-refractivity contribution in [2.75, 3.05) is 26.2 Å². The van der Waals surface area contributed by atoms with Gasteiger partial charge >= 0.3 is 0 Å². The Morgan fingerprint density at radius 1 is 1.14 bits per heavy atom. The molecule has 28 heavy (non-hydrogen) atoms. The SMILES string of the molecule is CCC[C@H]1CN(Cc2ccc(F)cc2)CCN1C(=O)COc1ccc(Cl)cc1. The molecule has 150 valence electrons. The number of hydrogen-bond acceptors (Lipinski definition) is 3. The average molecular weight is 405 g/mol. The van der Waals surface area contributed by atoms with Gasteiger partial charge in [-0.15, -0.1) is 0 Å². The van der Waals surface area contributed by atoms with E-state index in [1.165, 1.54) is 12.1 Å². The zero-order valence-corrected chi connectivity index (χ0v) is 16.9. The van der Waals surface area contributed by atoms with E-state index in [9.17, 15) is 9.18 Å². The van der Waals surface area contributed by atoms with Crippen molar-refractivity contribution >= 4 is 17.5 Å². The van der Waals surface area contributed by atoms with E-state index in [2.05, 4.69) is 11.8 Å². The minimum atomic E-state index is -0.219. The van der Waals surface area contributed by atoms with Gasteiger partial charge in [-0.3, -0.25) is 9.69 Å². The smallest absolute Gasteiger partial charge is 0.260 e. The number of rotatable bonds is 7. The number of halogens is 2. The van der Waals surface area contributed by atoms with Crippen LogP contribution in [0.4, 0.5) is 4.39 Å². The van der Waals surface area contributed by atoms with E-state index in [0.29, 0.717) is 17.3 Å². The molecule has 6 heteroatoms. The minimum Gasteiger partial charge on any atom is -0.484 e. The first-order valence-corrected chi connectivity index (χ1v) is 10.1. The number of carbonyl (C=O) groups is 1. The zero-order chi connectivity index (χ0) is 19.9. The number of ether oxygens (including phenoxy) is 1. The highest BCUT2D eigenvalue weighted by atomic mass is 35.5. The van der Waals surface area contributed by atoms with Crippen LogP contribution in [-0.2, 0) is 11.3 Å². The van der Waals surface area contributed by atoms with Crippen LogP contribution >= 0.6 is 11.6 Å². The Bertz CT molecular complexity index is 767. The summed E-state index contributed by atoms with van der Waals surface area (Å²) in [6.07, 6.45) is 1.96. The Hall–Kier alpha value is -2.11. The molecule has 0 N–H and O–H groups in total. The van der Waals surface area contributed by atoms with Gasteiger partial charge in [0.2, 0.25) is 0 Å². The number of nitrogens with zero attached hydrogens (tertiary/aromatic N) is 2. The van der Waals surface area contributed by atoms with E-state index in [4.69, 9.17) is 16.3 Å². The molecule has 0 aliphatic carbocycles. The fourth-order valence-corrected chi connectivity index (χ4v) is 3.70. The van der Waals surface area contributed by atoms with Crippen LogP contribution in [0.5, 0.6) is 5.75 Å². The Morgan fingerprint density at radius 2 is 1.86 bits per heavy atom. The first-order chi connectivity index (χ1) is 13.5. The number of hydrogen-bond donors (Lipinski definition) is 0. The number of benzene rings is 2. The van der Waals surface area contributed by atoms with Crippen molar-refractivity contribution in [1.82, 2.24) is 9.80 Å². The Labute approximate surface area is 170 Å². The van der Waals surface area contributed by atoms with Crippen LogP contribution in [0, 0.1) is 5.82 Å². The molecule has 2 aromatic carbocycles. The summed E-state index contributed by atoms with van der Waals surface area (Å²) in [6.45, 7) is 5.21. The lowest BCUT2D eigenvalue weighted by molar-refractivity contribution is -0.138. The second kappa shape index (κ2) is 9.89. The van der Waals surface area contributed by atoms with Crippen LogP contribution in [0.3, 0.4) is 0 Å². The summed E-state index contributed by atoms with van der Waals surface area (Å²) in [6, 6.07) is 13.8. The summed E-state index contributed by atoms with van der Waals surface area (Å²) >= 11 is 5.88. The van der Waals surface area contributed by atoms with Gasteiger partial charge < -0.3 is 9.64 Å². The molecule has 0 unspecified atom stereocenters. The third-order valence-electron chi connectivity index (χ3n) is 5.00. The molecule has 1 aliphatic heterocycles. The van der Waals surface area contributed by atoms with Gasteiger partial charge in [-0.05, 0) is 48.4 Å². The van der Waals surface area contributed by atoms with Crippen LogP contribution in [0.1, 0.15) is 25.3 Å². The quantitative estimate of drug-likeness (QED) is 0.686. The van der Waals surface area contributed by atoms with E-state index in [-0.39, 0.29) is 24.4 Å². The highest BCUT2D eigenvalue weighted by Gasteiger charge is 2.30. The van der Waals surface area contributed by atoms with Crippen LogP contribution in [0.2, 0.25) is 5.02 Å². The summed E-state index contributed by atoms with van der Waals surface area (Å²) in [4.78, 5) is 17.0. The fourth-order valence-electron chi connectivity index (χ4n) is 3.58.